The van der Waals surface area contributed by atoms with Crippen LogP contribution in [0.2, 0.25) is 5.02 Å². The maximum absolute atomic E-state index is 12.1. The van der Waals surface area contributed by atoms with Gasteiger partial charge in [0.15, 0.2) is 0 Å². The molecule has 0 spiro atoms. The normalized spacial score (nSPS) is 10.2. The third-order valence-electron chi connectivity index (χ3n) is 3.71. The van der Waals surface area contributed by atoms with E-state index in [1.54, 1.807) is 12.1 Å². The van der Waals surface area contributed by atoms with Gasteiger partial charge in [0, 0.05) is 12.1 Å². The van der Waals surface area contributed by atoms with Crippen molar-refractivity contribution in [2.45, 2.75) is 13.3 Å². The van der Waals surface area contributed by atoms with Gasteiger partial charge < -0.3 is 24.8 Å². The number of ether oxygens (including phenoxy) is 3. The number of nitrogens with one attached hydrogen (secondary N) is 2. The van der Waals surface area contributed by atoms with Crippen molar-refractivity contribution in [3.05, 3.63) is 47.0 Å². The predicted molar refractivity (Wildman–Crippen MR) is 103 cm³/mol. The first-order chi connectivity index (χ1) is 12.6. The molecule has 0 aliphatic rings. The van der Waals surface area contributed by atoms with E-state index in [2.05, 4.69) is 17.6 Å². The first kappa shape index (κ1) is 19.7. The summed E-state index contributed by atoms with van der Waals surface area (Å²) in [6.07, 6.45) is 0.987. The van der Waals surface area contributed by atoms with E-state index in [4.69, 9.17) is 25.8 Å². The molecule has 2 amide bonds. The van der Waals surface area contributed by atoms with E-state index in [0.29, 0.717) is 35.4 Å². The Labute approximate surface area is 158 Å². The van der Waals surface area contributed by atoms with E-state index in [1.807, 2.05) is 24.3 Å². The lowest BCUT2D eigenvalue weighted by atomic mass is 10.2. The monoisotopic (exact) mass is 378 g/mol. The number of benzene rings is 2. The van der Waals surface area contributed by atoms with Crippen molar-refractivity contribution in [1.29, 1.82) is 0 Å². The molecule has 2 N–H and O–H groups in total. The van der Waals surface area contributed by atoms with Gasteiger partial charge in [0.2, 0.25) is 0 Å². The van der Waals surface area contributed by atoms with Gasteiger partial charge in [-0.05, 0) is 24.1 Å². The van der Waals surface area contributed by atoms with E-state index < -0.39 is 0 Å². The smallest absolute Gasteiger partial charge is 0.319 e. The molecule has 2 aromatic carbocycles. The van der Waals surface area contributed by atoms with Crippen molar-refractivity contribution >= 4 is 23.3 Å². The van der Waals surface area contributed by atoms with Gasteiger partial charge in [0.25, 0.3) is 0 Å². The highest BCUT2D eigenvalue weighted by Crippen LogP contribution is 2.35. The molecule has 0 bridgehead atoms. The van der Waals surface area contributed by atoms with E-state index in [1.165, 1.54) is 19.8 Å². The lowest BCUT2D eigenvalue weighted by molar-refractivity contribution is 0.247. The van der Waals surface area contributed by atoms with Gasteiger partial charge in [0.1, 0.15) is 23.9 Å². The number of aryl methyl sites for hydroxylation is 1. The molecule has 0 atom stereocenters. The molecular weight excluding hydrogens is 356 g/mol. The van der Waals surface area contributed by atoms with Crippen LogP contribution in [0.1, 0.15) is 12.5 Å². The van der Waals surface area contributed by atoms with Crippen molar-refractivity contribution in [3.63, 3.8) is 0 Å². The minimum atomic E-state index is -0.377. The van der Waals surface area contributed by atoms with Crippen molar-refractivity contribution in [2.24, 2.45) is 0 Å². The van der Waals surface area contributed by atoms with Crippen LogP contribution in [0.25, 0.3) is 0 Å². The Bertz CT molecular complexity index is 735. The lowest BCUT2D eigenvalue weighted by Gasteiger charge is -2.14. The second-order valence-corrected chi connectivity index (χ2v) is 5.82. The molecule has 0 saturated carbocycles. The Morgan fingerprint density at radius 1 is 1.08 bits per heavy atom. The summed E-state index contributed by atoms with van der Waals surface area (Å²) in [5.74, 6) is 1.66. The zero-order valence-corrected chi connectivity index (χ0v) is 15.9. The zero-order chi connectivity index (χ0) is 18.9. The number of carbonyl (C=O) groups excluding carboxylic acids is 1. The fourth-order valence-electron chi connectivity index (χ4n) is 2.28. The van der Waals surface area contributed by atoms with Crippen LogP contribution in [0.4, 0.5) is 10.5 Å². The number of rotatable bonds is 8. The van der Waals surface area contributed by atoms with Crippen LogP contribution in [-0.4, -0.2) is 33.4 Å². The third-order valence-corrected chi connectivity index (χ3v) is 4.01. The van der Waals surface area contributed by atoms with Crippen LogP contribution in [0, 0.1) is 0 Å². The summed E-state index contributed by atoms with van der Waals surface area (Å²) in [6.45, 7) is 2.82. The summed E-state index contributed by atoms with van der Waals surface area (Å²) in [4.78, 5) is 12.1. The van der Waals surface area contributed by atoms with Gasteiger partial charge in [-0.2, -0.15) is 0 Å². The fourth-order valence-corrected chi connectivity index (χ4v) is 2.51. The van der Waals surface area contributed by atoms with Crippen LogP contribution in [0.15, 0.2) is 36.4 Å². The summed E-state index contributed by atoms with van der Waals surface area (Å²) in [6, 6.07) is 10.7. The first-order valence-electron chi connectivity index (χ1n) is 8.25. The number of hydrogen-bond acceptors (Lipinski definition) is 4. The Balaban J connectivity index is 1.83. The predicted octanol–water partition coefficient (Wildman–Crippen LogP) is 4.12. The topological polar surface area (TPSA) is 68.8 Å². The van der Waals surface area contributed by atoms with E-state index in [0.717, 1.165) is 12.2 Å². The van der Waals surface area contributed by atoms with E-state index in [-0.39, 0.29) is 6.03 Å². The molecule has 26 heavy (non-hydrogen) atoms. The Morgan fingerprint density at radius 3 is 2.38 bits per heavy atom. The van der Waals surface area contributed by atoms with Crippen LogP contribution in [0.3, 0.4) is 0 Å². The number of amides is 2. The molecule has 2 rings (SSSR count). The highest BCUT2D eigenvalue weighted by molar-refractivity contribution is 6.32. The summed E-state index contributed by atoms with van der Waals surface area (Å²) in [5.41, 5.74) is 1.71. The van der Waals surface area contributed by atoms with Crippen molar-refractivity contribution in [3.8, 4) is 17.2 Å². The van der Waals surface area contributed by atoms with Gasteiger partial charge >= 0.3 is 6.03 Å². The molecule has 0 heterocycles. The summed E-state index contributed by atoms with van der Waals surface area (Å²) in [7, 11) is 3.00. The number of hydrogen-bond donors (Lipinski definition) is 2. The SMILES string of the molecule is CCc1ccc(OCCNC(=O)Nc2cc(OC)c(Cl)cc2OC)cc1. The average molecular weight is 379 g/mol. The van der Waals surface area contributed by atoms with Crippen LogP contribution >= 0.6 is 11.6 Å². The first-order valence-corrected chi connectivity index (χ1v) is 8.63. The minimum Gasteiger partial charge on any atom is -0.495 e. The van der Waals surface area contributed by atoms with Crippen LogP contribution < -0.4 is 24.8 Å². The average Bonchev–Trinajstić information content (AvgIpc) is 2.66. The molecule has 0 aromatic heterocycles. The highest BCUT2D eigenvalue weighted by Gasteiger charge is 2.12. The van der Waals surface area contributed by atoms with Crippen molar-refractivity contribution < 1.29 is 19.0 Å². The molecule has 0 aliphatic carbocycles. The molecule has 0 unspecified atom stereocenters. The lowest BCUT2D eigenvalue weighted by Crippen LogP contribution is -2.32. The van der Waals surface area contributed by atoms with E-state index in [9.17, 15) is 4.79 Å². The number of carbonyl (C=O) groups is 1. The third kappa shape index (κ3) is 5.46. The molecule has 0 aliphatic heterocycles. The van der Waals surface area contributed by atoms with Crippen molar-refractivity contribution in [1.82, 2.24) is 5.32 Å². The molecule has 7 heteroatoms. The standard InChI is InChI=1S/C19H23ClN2O4/c1-4-13-5-7-14(8-6-13)26-10-9-21-19(23)22-16-12-17(24-2)15(20)11-18(16)25-3/h5-8,11-12H,4,9-10H2,1-3H3,(H2,21,22,23). The highest BCUT2D eigenvalue weighted by atomic mass is 35.5. The Morgan fingerprint density at radius 2 is 1.77 bits per heavy atom. The zero-order valence-electron chi connectivity index (χ0n) is 15.1. The Hall–Kier alpha value is -2.60. The maximum atomic E-state index is 12.1. The molecule has 0 fully saturated rings. The quantitative estimate of drug-likeness (QED) is 0.678. The minimum absolute atomic E-state index is 0.356. The van der Waals surface area contributed by atoms with Gasteiger partial charge in [-0.15, -0.1) is 0 Å². The fraction of sp³-hybridized carbons (Fsp3) is 0.316. The number of urea groups is 1. The molecule has 0 radical (unpaired) electrons. The summed E-state index contributed by atoms with van der Waals surface area (Å²) in [5, 5.41) is 5.83. The van der Waals surface area contributed by atoms with Crippen LogP contribution in [0.5, 0.6) is 17.2 Å². The van der Waals surface area contributed by atoms with E-state index >= 15 is 0 Å². The molecule has 140 valence electrons. The molecule has 0 saturated heterocycles. The Kier molecular flexibility index (Phi) is 7.41. The van der Waals surface area contributed by atoms with Gasteiger partial charge in [-0.3, -0.25) is 0 Å². The van der Waals surface area contributed by atoms with Gasteiger partial charge in [0.05, 0.1) is 31.5 Å². The number of methoxy groups -OCH3 is 2. The molecule has 6 nitrogen and oxygen atoms in total. The largest absolute Gasteiger partial charge is 0.495 e. The summed E-state index contributed by atoms with van der Waals surface area (Å²) < 4.78 is 16.0. The van der Waals surface area contributed by atoms with Crippen molar-refractivity contribution in [2.75, 3.05) is 32.7 Å². The number of halogens is 1. The molecule has 2 aromatic rings. The second-order valence-electron chi connectivity index (χ2n) is 5.41. The number of anilines is 1. The van der Waals surface area contributed by atoms with Crippen LogP contribution in [-0.2, 0) is 6.42 Å². The van der Waals surface area contributed by atoms with Gasteiger partial charge in [-0.25, -0.2) is 4.79 Å². The maximum Gasteiger partial charge on any atom is 0.319 e. The molecular formula is C19H23ClN2O4. The second kappa shape index (κ2) is 9.77. The van der Waals surface area contributed by atoms with Gasteiger partial charge in [-0.1, -0.05) is 30.7 Å². The summed E-state index contributed by atoms with van der Waals surface area (Å²) >= 11 is 6.05.